The van der Waals surface area contributed by atoms with Gasteiger partial charge in [-0.25, -0.2) is 9.97 Å². The molecule has 2 aliphatic heterocycles. The van der Waals surface area contributed by atoms with Crippen molar-refractivity contribution in [2.24, 2.45) is 0 Å². The molecule has 0 amide bonds. The third-order valence-electron chi connectivity index (χ3n) is 7.02. The van der Waals surface area contributed by atoms with E-state index in [4.69, 9.17) is 28.9 Å². The Labute approximate surface area is 212 Å². The fraction of sp³-hybridized carbons (Fsp3) is 0.593. The highest BCUT2D eigenvalue weighted by Crippen LogP contribution is 2.32. The minimum Gasteiger partial charge on any atom is -0.497 e. The van der Waals surface area contributed by atoms with Crippen LogP contribution < -0.4 is 14.8 Å². The Morgan fingerprint density at radius 1 is 1.17 bits per heavy atom. The maximum atomic E-state index is 6.16. The molecule has 1 aromatic carbocycles. The third-order valence-corrected chi connectivity index (χ3v) is 7.02. The topological polar surface area (TPSA) is 92.5 Å². The Morgan fingerprint density at radius 2 is 2.03 bits per heavy atom. The largest absolute Gasteiger partial charge is 0.497 e. The number of ether oxygens (including phenoxy) is 4. The monoisotopic (exact) mass is 495 g/mol. The Morgan fingerprint density at radius 3 is 2.81 bits per heavy atom. The molecular weight excluding hydrogens is 458 g/mol. The molecule has 4 heterocycles. The first-order valence-electron chi connectivity index (χ1n) is 13.2. The molecule has 9 nitrogen and oxygen atoms in total. The molecular formula is C27H37N5O4. The predicted octanol–water partition coefficient (Wildman–Crippen LogP) is 4.03. The van der Waals surface area contributed by atoms with Gasteiger partial charge in [0.15, 0.2) is 0 Å². The maximum Gasteiger partial charge on any atom is 0.318 e. The molecule has 3 aromatic rings. The van der Waals surface area contributed by atoms with Crippen molar-refractivity contribution >= 4 is 11.0 Å². The van der Waals surface area contributed by atoms with Gasteiger partial charge in [-0.15, -0.1) is 0 Å². The fourth-order valence-corrected chi connectivity index (χ4v) is 5.20. The van der Waals surface area contributed by atoms with E-state index < -0.39 is 0 Å². The lowest BCUT2D eigenvalue weighted by molar-refractivity contribution is -0.145. The number of hydrogen-bond donors (Lipinski definition) is 1. The zero-order chi connectivity index (χ0) is 24.9. The van der Waals surface area contributed by atoms with Crippen molar-refractivity contribution in [2.45, 2.75) is 70.2 Å². The second-order valence-electron chi connectivity index (χ2n) is 9.69. The van der Waals surface area contributed by atoms with Gasteiger partial charge in [0.2, 0.25) is 0 Å². The molecule has 194 valence electrons. The Bertz CT molecular complexity index is 1140. The van der Waals surface area contributed by atoms with Gasteiger partial charge in [-0.1, -0.05) is 20.3 Å². The van der Waals surface area contributed by atoms with Gasteiger partial charge >= 0.3 is 6.01 Å². The number of nitrogens with zero attached hydrogens (tertiary/aromatic N) is 4. The maximum absolute atomic E-state index is 6.16. The molecule has 2 aromatic heterocycles. The van der Waals surface area contributed by atoms with E-state index in [1.165, 1.54) is 0 Å². The minimum absolute atomic E-state index is 0.0413. The van der Waals surface area contributed by atoms with Crippen LogP contribution in [0.3, 0.4) is 0 Å². The van der Waals surface area contributed by atoms with Crippen LogP contribution in [0.25, 0.3) is 16.9 Å². The molecule has 5 rings (SSSR count). The van der Waals surface area contributed by atoms with E-state index >= 15 is 0 Å². The molecule has 0 bridgehead atoms. The quantitative estimate of drug-likeness (QED) is 0.476. The van der Waals surface area contributed by atoms with Gasteiger partial charge in [-0.2, -0.15) is 4.98 Å². The van der Waals surface area contributed by atoms with Gasteiger partial charge in [0.1, 0.15) is 23.5 Å². The van der Waals surface area contributed by atoms with Crippen molar-refractivity contribution in [3.63, 3.8) is 0 Å². The van der Waals surface area contributed by atoms with Gasteiger partial charge in [0, 0.05) is 30.8 Å². The van der Waals surface area contributed by atoms with Crippen LogP contribution in [-0.4, -0.2) is 71.2 Å². The highest BCUT2D eigenvalue weighted by Gasteiger charge is 2.30. The standard InChI is InChI=1S/C27H37N5O4/c1-4-6-23-24(35-14-13-34-23)15-18(2)26-30-21-16-19(33-3)8-9-22(21)32(26)25-10-12-29-27(31-25)36-20-7-5-11-28-17-20/h8-10,12,16,18,20,23-24,28H,4-7,11,13-15,17H2,1-3H3. The van der Waals surface area contributed by atoms with Crippen LogP contribution in [0.15, 0.2) is 30.5 Å². The van der Waals surface area contributed by atoms with Crippen molar-refractivity contribution in [1.29, 1.82) is 0 Å². The van der Waals surface area contributed by atoms with Crippen LogP contribution in [0, 0.1) is 0 Å². The summed E-state index contributed by atoms with van der Waals surface area (Å²) >= 11 is 0. The smallest absolute Gasteiger partial charge is 0.318 e. The van der Waals surface area contributed by atoms with E-state index in [1.807, 2.05) is 24.3 Å². The Kier molecular flexibility index (Phi) is 7.99. The average Bonchev–Trinajstić information content (AvgIpc) is 3.30. The molecule has 2 fully saturated rings. The number of imidazole rings is 1. The number of fused-ring (bicyclic) bond motifs is 1. The first kappa shape index (κ1) is 24.9. The Hall–Kier alpha value is -2.75. The van der Waals surface area contributed by atoms with Crippen LogP contribution in [0.1, 0.15) is 57.7 Å². The van der Waals surface area contributed by atoms with Crippen LogP contribution in [-0.2, 0) is 9.47 Å². The summed E-state index contributed by atoms with van der Waals surface area (Å²) in [5.74, 6) is 2.54. The van der Waals surface area contributed by atoms with Crippen molar-refractivity contribution < 1.29 is 18.9 Å². The first-order valence-corrected chi connectivity index (χ1v) is 13.2. The van der Waals surface area contributed by atoms with Crippen LogP contribution >= 0.6 is 0 Å². The molecule has 0 saturated carbocycles. The van der Waals surface area contributed by atoms with Gasteiger partial charge < -0.3 is 24.3 Å². The molecule has 4 unspecified atom stereocenters. The summed E-state index contributed by atoms with van der Waals surface area (Å²) in [4.78, 5) is 14.3. The number of piperidine rings is 1. The van der Waals surface area contributed by atoms with Gasteiger partial charge in [-0.05, 0) is 44.4 Å². The number of methoxy groups -OCH3 is 1. The number of rotatable bonds is 9. The molecule has 9 heteroatoms. The van der Waals surface area contributed by atoms with Crippen LogP contribution in [0.2, 0.25) is 0 Å². The van der Waals surface area contributed by atoms with Crippen molar-refractivity contribution in [3.05, 3.63) is 36.3 Å². The van der Waals surface area contributed by atoms with Crippen molar-refractivity contribution in [1.82, 2.24) is 24.8 Å². The molecule has 2 saturated heterocycles. The fourth-order valence-electron chi connectivity index (χ4n) is 5.20. The second-order valence-corrected chi connectivity index (χ2v) is 9.69. The van der Waals surface area contributed by atoms with E-state index in [1.54, 1.807) is 13.3 Å². The van der Waals surface area contributed by atoms with Crippen LogP contribution in [0.4, 0.5) is 0 Å². The van der Waals surface area contributed by atoms with Gasteiger partial charge in [0.25, 0.3) is 0 Å². The number of aromatic nitrogens is 4. The van der Waals surface area contributed by atoms with Crippen molar-refractivity contribution in [3.8, 4) is 17.6 Å². The lowest BCUT2D eigenvalue weighted by Crippen LogP contribution is -2.39. The Balaban J connectivity index is 1.48. The SMILES string of the molecule is CCCC1OCCOC1CC(C)c1nc2cc(OC)ccc2n1-c1ccnc(OC2CCCNC2)n1. The number of nitrogens with one attached hydrogen (secondary N) is 1. The summed E-state index contributed by atoms with van der Waals surface area (Å²) in [7, 11) is 1.67. The molecule has 0 spiro atoms. The summed E-state index contributed by atoms with van der Waals surface area (Å²) < 4.78 is 25.9. The van der Waals surface area contributed by atoms with E-state index in [0.29, 0.717) is 19.2 Å². The van der Waals surface area contributed by atoms with Crippen molar-refractivity contribution in [2.75, 3.05) is 33.4 Å². The normalized spacial score (nSPS) is 23.5. The first-order chi connectivity index (χ1) is 17.7. The highest BCUT2D eigenvalue weighted by molar-refractivity contribution is 5.79. The van der Waals surface area contributed by atoms with Crippen LogP contribution in [0.5, 0.6) is 11.8 Å². The van der Waals surface area contributed by atoms with E-state index in [9.17, 15) is 0 Å². The number of hydrogen-bond acceptors (Lipinski definition) is 8. The molecule has 0 aliphatic carbocycles. The summed E-state index contributed by atoms with van der Waals surface area (Å²) in [6.07, 6.45) is 6.96. The molecule has 2 aliphatic rings. The molecule has 1 N–H and O–H groups in total. The van der Waals surface area contributed by atoms with E-state index in [0.717, 1.165) is 73.6 Å². The summed E-state index contributed by atoms with van der Waals surface area (Å²) in [6.45, 7) is 7.51. The van der Waals surface area contributed by atoms with Gasteiger partial charge in [0.05, 0.1) is 43.6 Å². The minimum atomic E-state index is 0.0413. The zero-order valence-corrected chi connectivity index (χ0v) is 21.5. The summed E-state index contributed by atoms with van der Waals surface area (Å²) in [5, 5.41) is 3.38. The second kappa shape index (κ2) is 11.5. The molecule has 36 heavy (non-hydrogen) atoms. The lowest BCUT2D eigenvalue weighted by Gasteiger charge is -2.33. The van der Waals surface area contributed by atoms with E-state index in [2.05, 4.69) is 28.7 Å². The lowest BCUT2D eigenvalue weighted by atomic mass is 9.96. The zero-order valence-electron chi connectivity index (χ0n) is 21.5. The predicted molar refractivity (Wildman–Crippen MR) is 137 cm³/mol. The molecule has 0 radical (unpaired) electrons. The highest BCUT2D eigenvalue weighted by atomic mass is 16.6. The summed E-state index contributed by atoms with van der Waals surface area (Å²) in [5.41, 5.74) is 1.83. The number of benzene rings is 1. The summed E-state index contributed by atoms with van der Waals surface area (Å²) in [6, 6.07) is 8.26. The van der Waals surface area contributed by atoms with Gasteiger partial charge in [-0.3, -0.25) is 4.57 Å². The third kappa shape index (κ3) is 5.48. The average molecular weight is 496 g/mol. The molecule has 4 atom stereocenters. The van der Waals surface area contributed by atoms with E-state index in [-0.39, 0.29) is 24.2 Å².